The molecule has 0 bridgehead atoms. The average Bonchev–Trinajstić information content (AvgIpc) is 3.25. The molecule has 3 unspecified atom stereocenters. The molecular weight excluding hydrogens is 819 g/mol. The largest absolute Gasteiger partial charge is 0.472 e. The number of aliphatic hydroxyl groups is 6. The molecule has 0 spiro atoms. The number of allylic oxidation sites excluding steroid dienone is 10. The average molecular weight is 901 g/mol. The smallest absolute Gasteiger partial charge is 0.462 e. The van der Waals surface area contributed by atoms with Crippen LogP contribution in [0.15, 0.2) is 60.8 Å². The van der Waals surface area contributed by atoms with Crippen LogP contribution in [-0.2, 0) is 32.7 Å². The molecule has 15 heteroatoms. The maximum atomic E-state index is 12.8. The van der Waals surface area contributed by atoms with Crippen LogP contribution in [0.4, 0.5) is 0 Å². The van der Waals surface area contributed by atoms with Gasteiger partial charge in [0.15, 0.2) is 6.10 Å². The van der Waals surface area contributed by atoms with Crippen molar-refractivity contribution < 1.29 is 68.2 Å². The highest BCUT2D eigenvalue weighted by Gasteiger charge is 2.51. The molecule has 1 fully saturated rings. The summed E-state index contributed by atoms with van der Waals surface area (Å²) in [4.78, 5) is 35.7. The van der Waals surface area contributed by atoms with Gasteiger partial charge < -0.3 is 45.0 Å². The molecule has 0 aliphatic heterocycles. The van der Waals surface area contributed by atoms with Gasteiger partial charge >= 0.3 is 19.8 Å². The molecule has 0 aromatic rings. The van der Waals surface area contributed by atoms with Crippen LogP contribution in [0, 0.1) is 0 Å². The first-order valence-electron chi connectivity index (χ1n) is 23.2. The number of esters is 2. The van der Waals surface area contributed by atoms with Crippen LogP contribution in [-0.4, -0.2) is 110 Å². The number of carbonyl (C=O) groups is 2. The number of hydrogen-bond acceptors (Lipinski definition) is 13. The van der Waals surface area contributed by atoms with Gasteiger partial charge in [0.05, 0.1) is 12.7 Å². The number of unbranched alkanes of at least 4 members (excludes halogenated alkanes) is 12. The predicted octanol–water partition coefficient (Wildman–Crippen LogP) is 7.92. The number of rotatable bonds is 37. The SMILES string of the molecule is CCCCCCCC/C=C\CCCCCCCC(=O)O[C@H](COC(=O)CCC/C=C\C/C=C\C/C=C\C/C=C\CC[C@@H](O)CC)COP(=O)(O)OC1[C@H](O)[C@H](O)C(O)[C@H](O)[C@H]1O. The van der Waals surface area contributed by atoms with Crippen molar-refractivity contribution >= 4 is 19.8 Å². The second-order valence-corrected chi connectivity index (χ2v) is 17.4. The van der Waals surface area contributed by atoms with Crippen molar-refractivity contribution in [3.8, 4) is 0 Å². The van der Waals surface area contributed by atoms with Gasteiger partial charge in [-0.1, -0.05) is 126 Å². The van der Waals surface area contributed by atoms with E-state index in [1.165, 1.54) is 38.5 Å². The van der Waals surface area contributed by atoms with Gasteiger partial charge in [0, 0.05) is 12.8 Å². The Hall–Kier alpha value is -2.49. The molecule has 358 valence electrons. The molecule has 0 aromatic heterocycles. The zero-order valence-electron chi connectivity index (χ0n) is 37.5. The number of ether oxygens (including phenoxy) is 2. The van der Waals surface area contributed by atoms with E-state index in [4.69, 9.17) is 18.5 Å². The summed E-state index contributed by atoms with van der Waals surface area (Å²) in [7, 11) is -5.14. The predicted molar refractivity (Wildman–Crippen MR) is 241 cm³/mol. The summed E-state index contributed by atoms with van der Waals surface area (Å²) < 4.78 is 33.4. The monoisotopic (exact) mass is 901 g/mol. The molecule has 0 heterocycles. The lowest BCUT2D eigenvalue weighted by Gasteiger charge is -2.41. The van der Waals surface area contributed by atoms with Crippen LogP contribution in [0.3, 0.4) is 0 Å². The molecule has 9 atom stereocenters. The first kappa shape index (κ1) is 57.5. The topological polar surface area (TPSA) is 230 Å². The van der Waals surface area contributed by atoms with E-state index in [0.717, 1.165) is 77.0 Å². The van der Waals surface area contributed by atoms with Crippen LogP contribution in [0.5, 0.6) is 0 Å². The van der Waals surface area contributed by atoms with Crippen molar-refractivity contribution in [2.45, 2.75) is 210 Å². The lowest BCUT2D eigenvalue weighted by molar-refractivity contribution is -0.220. The second-order valence-electron chi connectivity index (χ2n) is 16.0. The highest BCUT2D eigenvalue weighted by atomic mass is 31.2. The van der Waals surface area contributed by atoms with E-state index in [0.29, 0.717) is 19.3 Å². The van der Waals surface area contributed by atoms with Gasteiger partial charge in [0.2, 0.25) is 0 Å². The molecule has 7 N–H and O–H groups in total. The third-order valence-corrected chi connectivity index (χ3v) is 11.5. The maximum absolute atomic E-state index is 12.8. The fraction of sp³-hybridized carbons (Fsp3) is 0.745. The fourth-order valence-corrected chi connectivity index (χ4v) is 7.52. The Labute approximate surface area is 371 Å². The van der Waals surface area contributed by atoms with E-state index in [2.05, 4.69) is 55.5 Å². The van der Waals surface area contributed by atoms with Crippen LogP contribution >= 0.6 is 7.82 Å². The van der Waals surface area contributed by atoms with E-state index in [1.54, 1.807) is 0 Å². The Kier molecular flexibility index (Phi) is 34.2. The number of hydrogen-bond donors (Lipinski definition) is 7. The third kappa shape index (κ3) is 29.1. The minimum Gasteiger partial charge on any atom is -0.462 e. The minimum absolute atomic E-state index is 0.0660. The Morgan fingerprint density at radius 2 is 1.02 bits per heavy atom. The van der Waals surface area contributed by atoms with Crippen molar-refractivity contribution in [1.29, 1.82) is 0 Å². The number of carbonyl (C=O) groups excluding carboxylic acids is 2. The van der Waals surface area contributed by atoms with Gasteiger partial charge in [0.25, 0.3) is 0 Å². The van der Waals surface area contributed by atoms with Crippen LogP contribution in [0.1, 0.15) is 162 Å². The summed E-state index contributed by atoms with van der Waals surface area (Å²) in [5.41, 5.74) is 0. The van der Waals surface area contributed by atoms with Gasteiger partial charge in [-0.25, -0.2) is 4.57 Å². The van der Waals surface area contributed by atoms with Crippen molar-refractivity contribution in [3.63, 3.8) is 0 Å². The lowest BCUT2D eigenvalue weighted by Crippen LogP contribution is -2.64. The molecular formula is C47H81O14P. The molecule has 0 amide bonds. The Morgan fingerprint density at radius 1 is 0.565 bits per heavy atom. The Bertz CT molecular complexity index is 1330. The minimum atomic E-state index is -5.14. The number of phosphoric ester groups is 1. The van der Waals surface area contributed by atoms with E-state index < -0.39 is 75.7 Å². The third-order valence-electron chi connectivity index (χ3n) is 10.5. The van der Waals surface area contributed by atoms with E-state index >= 15 is 0 Å². The molecule has 1 rings (SSSR count). The standard InChI is InChI=1S/C47H81O14P/c1-3-5-6-7-8-9-10-11-12-17-20-23-26-29-32-35-41(50)60-39(37-59-62(56,57)61-47-45(54)43(52)42(51)44(53)46(47)55)36-58-40(49)34-31-28-25-22-19-16-14-13-15-18-21-24-27-30-33-38(48)4-2/h11-12,14-16,18,22,24-25,27,38-39,42-48,51-55H,3-10,13,17,19-21,23,26,28-37H2,1-2H3,(H,56,57)/b12-11-,16-14-,18-15-,25-22-,27-24-/t38-,39+,42?,43-,44+,45+,46+,47?/m0/s1. The fourth-order valence-electron chi connectivity index (χ4n) is 6.55. The summed E-state index contributed by atoms with van der Waals surface area (Å²) in [5.74, 6) is -1.20. The zero-order valence-corrected chi connectivity index (χ0v) is 38.4. The van der Waals surface area contributed by atoms with Gasteiger partial charge in [-0.2, -0.15) is 0 Å². The maximum Gasteiger partial charge on any atom is 0.472 e. The van der Waals surface area contributed by atoms with Crippen molar-refractivity contribution in [3.05, 3.63) is 60.8 Å². The van der Waals surface area contributed by atoms with Crippen molar-refractivity contribution in [1.82, 2.24) is 0 Å². The highest BCUT2D eigenvalue weighted by Crippen LogP contribution is 2.47. The zero-order chi connectivity index (χ0) is 45.9. The van der Waals surface area contributed by atoms with E-state index in [-0.39, 0.29) is 18.9 Å². The molecule has 1 aliphatic carbocycles. The van der Waals surface area contributed by atoms with Gasteiger partial charge in [-0.15, -0.1) is 0 Å². The van der Waals surface area contributed by atoms with Gasteiger partial charge in [0.1, 0.15) is 43.2 Å². The molecule has 14 nitrogen and oxygen atoms in total. The van der Waals surface area contributed by atoms with Crippen LogP contribution in [0.2, 0.25) is 0 Å². The van der Waals surface area contributed by atoms with E-state index in [9.17, 15) is 49.7 Å². The first-order valence-corrected chi connectivity index (χ1v) is 24.7. The normalized spacial score (nSPS) is 22.9. The molecule has 0 radical (unpaired) electrons. The number of aliphatic hydroxyl groups excluding tert-OH is 6. The van der Waals surface area contributed by atoms with Crippen molar-refractivity contribution in [2.24, 2.45) is 0 Å². The molecule has 0 aromatic carbocycles. The molecule has 1 aliphatic rings. The number of phosphoric acid groups is 1. The Balaban J connectivity index is 2.51. The molecule has 0 saturated heterocycles. The highest BCUT2D eigenvalue weighted by molar-refractivity contribution is 7.47. The molecule has 62 heavy (non-hydrogen) atoms. The molecule has 1 saturated carbocycles. The lowest BCUT2D eigenvalue weighted by atomic mass is 9.85. The summed E-state index contributed by atoms with van der Waals surface area (Å²) in [6.07, 6.45) is 27.9. The van der Waals surface area contributed by atoms with Gasteiger partial charge in [-0.05, 0) is 83.5 Å². The van der Waals surface area contributed by atoms with Crippen molar-refractivity contribution in [2.75, 3.05) is 13.2 Å². The van der Waals surface area contributed by atoms with Crippen LogP contribution in [0.25, 0.3) is 0 Å². The Morgan fingerprint density at radius 3 is 1.58 bits per heavy atom. The summed E-state index contributed by atoms with van der Waals surface area (Å²) in [6, 6.07) is 0. The summed E-state index contributed by atoms with van der Waals surface area (Å²) in [6.45, 7) is 2.95. The quantitative estimate of drug-likeness (QED) is 0.0136. The first-order chi connectivity index (χ1) is 29.8. The summed E-state index contributed by atoms with van der Waals surface area (Å²) in [5, 5.41) is 59.7. The second kappa shape index (κ2) is 36.8. The van der Waals surface area contributed by atoms with Crippen LogP contribution < -0.4 is 0 Å². The summed E-state index contributed by atoms with van der Waals surface area (Å²) >= 11 is 0. The van der Waals surface area contributed by atoms with E-state index in [1.807, 2.05) is 19.1 Å². The van der Waals surface area contributed by atoms with Gasteiger partial charge in [-0.3, -0.25) is 18.6 Å².